The van der Waals surface area contributed by atoms with Crippen molar-refractivity contribution in [3.63, 3.8) is 0 Å². The molecule has 1 aliphatic carbocycles. The summed E-state index contributed by atoms with van der Waals surface area (Å²) in [6.45, 7) is -2.16. The first-order valence-corrected chi connectivity index (χ1v) is 8.34. The van der Waals surface area contributed by atoms with Gasteiger partial charge in [0.2, 0.25) is 5.91 Å². The Balaban J connectivity index is 1.70. The Morgan fingerprint density at radius 3 is 2.52 bits per heavy atom. The first-order chi connectivity index (χ1) is 12.5. The molecule has 0 aromatic heterocycles. The van der Waals surface area contributed by atoms with Crippen LogP contribution in [0.3, 0.4) is 0 Å². The number of halogens is 5. The average molecular weight is 392 g/mol. The predicted octanol–water partition coefficient (Wildman–Crippen LogP) is 2.76. The van der Waals surface area contributed by atoms with Crippen molar-refractivity contribution in [3.05, 3.63) is 29.3 Å². The van der Waals surface area contributed by atoms with Gasteiger partial charge in [-0.15, -0.1) is 0 Å². The molecule has 148 valence electrons. The van der Waals surface area contributed by atoms with Crippen LogP contribution in [0.2, 0.25) is 0 Å². The summed E-state index contributed by atoms with van der Waals surface area (Å²) >= 11 is 0. The van der Waals surface area contributed by atoms with Crippen molar-refractivity contribution < 1.29 is 36.3 Å². The van der Waals surface area contributed by atoms with Gasteiger partial charge in [-0.2, -0.15) is 13.2 Å². The third kappa shape index (κ3) is 5.15. The van der Waals surface area contributed by atoms with Gasteiger partial charge in [-0.3, -0.25) is 20.2 Å². The van der Waals surface area contributed by atoms with Crippen LogP contribution >= 0.6 is 0 Å². The molecule has 0 spiro atoms. The van der Waals surface area contributed by atoms with Gasteiger partial charge in [-0.05, 0) is 36.5 Å². The monoisotopic (exact) mass is 392 g/mol. The van der Waals surface area contributed by atoms with Crippen molar-refractivity contribution in [3.8, 4) is 5.75 Å². The lowest BCUT2D eigenvalue weighted by atomic mass is 10.1. The highest BCUT2D eigenvalue weighted by atomic mass is 19.4. The zero-order valence-corrected chi connectivity index (χ0v) is 14.0. The van der Waals surface area contributed by atoms with Crippen molar-refractivity contribution in [1.29, 1.82) is 0 Å². The number of benzene rings is 1. The van der Waals surface area contributed by atoms with Crippen molar-refractivity contribution >= 4 is 11.8 Å². The van der Waals surface area contributed by atoms with Gasteiger partial charge in [0, 0.05) is 12.0 Å². The molecule has 3 rings (SSSR count). The second kappa shape index (κ2) is 7.06. The summed E-state index contributed by atoms with van der Waals surface area (Å²) < 4.78 is 68.4. The maximum atomic E-state index is 13.1. The smallest absolute Gasteiger partial charge is 0.422 e. The quantitative estimate of drug-likeness (QED) is 0.598. The molecule has 2 aliphatic rings. The number of rotatable bonds is 5. The van der Waals surface area contributed by atoms with E-state index in [9.17, 15) is 31.5 Å². The van der Waals surface area contributed by atoms with Crippen molar-refractivity contribution in [2.45, 2.75) is 43.3 Å². The highest BCUT2D eigenvalue weighted by Gasteiger charge is 2.42. The van der Waals surface area contributed by atoms with E-state index in [0.717, 1.165) is 18.9 Å². The molecule has 2 fully saturated rings. The van der Waals surface area contributed by atoms with E-state index in [-0.39, 0.29) is 17.2 Å². The van der Waals surface area contributed by atoms with Gasteiger partial charge >= 0.3 is 6.18 Å². The van der Waals surface area contributed by atoms with E-state index in [1.54, 1.807) is 0 Å². The summed E-state index contributed by atoms with van der Waals surface area (Å²) in [4.78, 5) is 24.1. The molecule has 27 heavy (non-hydrogen) atoms. The van der Waals surface area contributed by atoms with Gasteiger partial charge in [0.15, 0.2) is 6.61 Å². The Labute approximate surface area is 151 Å². The van der Waals surface area contributed by atoms with E-state index in [2.05, 4.69) is 5.32 Å². The topological polar surface area (TPSA) is 67.4 Å². The van der Waals surface area contributed by atoms with Crippen LogP contribution in [0.1, 0.15) is 41.1 Å². The molecule has 2 N–H and O–H groups in total. The largest absolute Gasteiger partial charge is 0.484 e. The SMILES string of the molecule is O=C(NC(=O)[C@@H]1CC(F)(F)CN1)c1ccc(C2CC2)c(OCC(F)(F)F)c1. The fraction of sp³-hybridized carbons (Fsp3) is 0.529. The summed E-state index contributed by atoms with van der Waals surface area (Å²) in [7, 11) is 0. The molecule has 10 heteroatoms. The minimum atomic E-state index is -4.53. The lowest BCUT2D eigenvalue weighted by Crippen LogP contribution is -2.43. The van der Waals surface area contributed by atoms with Crippen LogP contribution in [0.4, 0.5) is 22.0 Å². The molecule has 2 amide bonds. The van der Waals surface area contributed by atoms with Gasteiger partial charge < -0.3 is 4.74 Å². The van der Waals surface area contributed by atoms with E-state index in [4.69, 9.17) is 4.74 Å². The summed E-state index contributed by atoms with van der Waals surface area (Å²) in [5.74, 6) is -4.83. The van der Waals surface area contributed by atoms with E-state index in [0.29, 0.717) is 5.56 Å². The molecular weight excluding hydrogens is 375 g/mol. The van der Waals surface area contributed by atoms with Crippen molar-refractivity contribution in [1.82, 2.24) is 10.6 Å². The fourth-order valence-corrected chi connectivity index (χ4v) is 2.86. The molecule has 0 bridgehead atoms. The zero-order valence-electron chi connectivity index (χ0n) is 14.0. The first kappa shape index (κ1) is 19.5. The van der Waals surface area contributed by atoms with Gasteiger partial charge in [-0.25, -0.2) is 8.78 Å². The number of ether oxygens (including phenoxy) is 1. The maximum Gasteiger partial charge on any atom is 0.422 e. The summed E-state index contributed by atoms with van der Waals surface area (Å²) in [6, 6.07) is 2.78. The van der Waals surface area contributed by atoms with Crippen molar-refractivity contribution in [2.24, 2.45) is 0 Å². The third-order valence-electron chi connectivity index (χ3n) is 4.35. The summed E-state index contributed by atoms with van der Waals surface area (Å²) in [5.41, 5.74) is 0.480. The van der Waals surface area contributed by atoms with E-state index >= 15 is 0 Å². The molecule has 5 nitrogen and oxygen atoms in total. The molecule has 0 unspecified atom stereocenters. The van der Waals surface area contributed by atoms with Gasteiger partial charge in [-0.1, -0.05) is 6.07 Å². The van der Waals surface area contributed by atoms with Crippen molar-refractivity contribution in [2.75, 3.05) is 13.2 Å². The maximum absolute atomic E-state index is 13.1. The molecule has 1 saturated carbocycles. The number of nitrogens with one attached hydrogen (secondary N) is 2. The van der Waals surface area contributed by atoms with Crippen LogP contribution in [0, 0.1) is 0 Å². The first-order valence-electron chi connectivity index (χ1n) is 8.34. The molecule has 1 aromatic rings. The van der Waals surface area contributed by atoms with Crippen LogP contribution in [0.5, 0.6) is 5.75 Å². The highest BCUT2D eigenvalue weighted by molar-refractivity contribution is 6.06. The Bertz CT molecular complexity index is 747. The Kier molecular flexibility index (Phi) is 5.11. The Hall–Kier alpha value is -2.23. The van der Waals surface area contributed by atoms with Crippen LogP contribution < -0.4 is 15.4 Å². The second-order valence-corrected chi connectivity index (χ2v) is 6.74. The number of carbonyl (C=O) groups is 2. The number of carbonyl (C=O) groups excluding carboxylic acids is 2. The molecule has 1 heterocycles. The summed E-state index contributed by atoms with van der Waals surface area (Å²) in [5, 5.41) is 4.31. The number of amides is 2. The Morgan fingerprint density at radius 1 is 1.26 bits per heavy atom. The molecule has 0 radical (unpaired) electrons. The highest BCUT2D eigenvalue weighted by Crippen LogP contribution is 2.44. The minimum Gasteiger partial charge on any atom is -0.484 e. The minimum absolute atomic E-state index is 0.0690. The van der Waals surface area contributed by atoms with E-state index in [1.807, 2.05) is 5.32 Å². The van der Waals surface area contributed by atoms with Crippen LogP contribution in [-0.2, 0) is 4.79 Å². The molecule has 1 aromatic carbocycles. The number of hydrogen-bond acceptors (Lipinski definition) is 4. The molecule has 1 aliphatic heterocycles. The molecular formula is C17H17F5N2O3. The lowest BCUT2D eigenvalue weighted by molar-refractivity contribution is -0.153. The van der Waals surface area contributed by atoms with Gasteiger partial charge in [0.25, 0.3) is 11.8 Å². The Morgan fingerprint density at radius 2 is 1.96 bits per heavy atom. The second-order valence-electron chi connectivity index (χ2n) is 6.74. The van der Waals surface area contributed by atoms with E-state index in [1.165, 1.54) is 12.1 Å². The molecule has 1 atom stereocenters. The average Bonchev–Trinajstić information content (AvgIpc) is 3.34. The van der Waals surface area contributed by atoms with Crippen LogP contribution in [0.15, 0.2) is 18.2 Å². The number of hydrogen-bond donors (Lipinski definition) is 2. The lowest BCUT2D eigenvalue weighted by Gasteiger charge is -2.15. The zero-order chi connectivity index (χ0) is 19.8. The standard InChI is InChI=1S/C17H17F5N2O3/c18-16(19)6-12(23-7-16)15(26)24-14(25)10-3-4-11(9-1-2-9)13(5-10)27-8-17(20,21)22/h3-5,9,12,23H,1-2,6-8H2,(H,24,25,26)/t12-/m0/s1. The predicted molar refractivity (Wildman–Crippen MR) is 83.8 cm³/mol. The van der Waals surface area contributed by atoms with E-state index < -0.39 is 49.5 Å². The van der Waals surface area contributed by atoms with Gasteiger partial charge in [0.1, 0.15) is 5.75 Å². The third-order valence-corrected chi connectivity index (χ3v) is 4.35. The van der Waals surface area contributed by atoms with Gasteiger partial charge in [0.05, 0.1) is 12.6 Å². The fourth-order valence-electron chi connectivity index (χ4n) is 2.86. The number of imide groups is 1. The molecule has 1 saturated heterocycles. The number of alkyl halides is 5. The normalized spacial score (nSPS) is 21.7. The van der Waals surface area contributed by atoms with Crippen LogP contribution in [0.25, 0.3) is 0 Å². The van der Waals surface area contributed by atoms with Crippen LogP contribution in [-0.4, -0.2) is 43.1 Å². The summed E-state index contributed by atoms with van der Waals surface area (Å²) in [6.07, 6.45) is -3.64.